The molecule has 0 amide bonds. The number of halogens is 1. The van der Waals surface area contributed by atoms with Crippen molar-refractivity contribution in [2.45, 2.75) is 6.42 Å². The molecule has 0 atom stereocenters. The lowest BCUT2D eigenvalue weighted by molar-refractivity contribution is 0.920. The van der Waals surface area contributed by atoms with Gasteiger partial charge in [-0.15, -0.1) is 0 Å². The van der Waals surface area contributed by atoms with Crippen LogP contribution < -0.4 is 10.6 Å². The highest BCUT2D eigenvalue weighted by Gasteiger charge is 2.04. The summed E-state index contributed by atoms with van der Waals surface area (Å²) in [5.74, 6) is 0. The zero-order chi connectivity index (χ0) is 9.84. The third-order valence-corrected chi connectivity index (χ3v) is 2.07. The van der Waals surface area contributed by atoms with Gasteiger partial charge in [-0.2, -0.15) is 0 Å². The van der Waals surface area contributed by atoms with Crippen LogP contribution in [-0.2, 0) is 6.42 Å². The van der Waals surface area contributed by atoms with Crippen molar-refractivity contribution in [2.24, 2.45) is 5.73 Å². The Kier molecular flexibility index (Phi) is 3.51. The van der Waals surface area contributed by atoms with E-state index in [1.54, 1.807) is 6.20 Å². The van der Waals surface area contributed by atoms with E-state index in [0.717, 1.165) is 17.8 Å². The van der Waals surface area contributed by atoms with Gasteiger partial charge in [0, 0.05) is 32.4 Å². The van der Waals surface area contributed by atoms with E-state index in [-0.39, 0.29) is 0 Å². The second-order valence-electron chi connectivity index (χ2n) is 3.06. The number of nitrogens with zero attached hydrogens (tertiary/aromatic N) is 2. The van der Waals surface area contributed by atoms with Crippen molar-refractivity contribution >= 4 is 17.3 Å². The van der Waals surface area contributed by atoms with Crippen LogP contribution in [0.1, 0.15) is 5.69 Å². The molecule has 0 aliphatic heterocycles. The van der Waals surface area contributed by atoms with E-state index in [1.807, 2.05) is 25.1 Å². The predicted octanol–water partition coefficient (Wildman–Crippen LogP) is 1.30. The highest BCUT2D eigenvalue weighted by Crippen LogP contribution is 2.23. The van der Waals surface area contributed by atoms with Crippen molar-refractivity contribution in [2.75, 3.05) is 25.5 Å². The largest absolute Gasteiger partial charge is 0.376 e. The Morgan fingerprint density at radius 2 is 2.23 bits per heavy atom. The maximum Gasteiger partial charge on any atom is 0.0822 e. The van der Waals surface area contributed by atoms with E-state index in [9.17, 15) is 0 Å². The lowest BCUT2D eigenvalue weighted by Crippen LogP contribution is -2.11. The maximum atomic E-state index is 5.96. The van der Waals surface area contributed by atoms with Crippen molar-refractivity contribution < 1.29 is 0 Å². The fourth-order valence-electron chi connectivity index (χ4n) is 1.10. The van der Waals surface area contributed by atoms with Crippen molar-refractivity contribution in [1.29, 1.82) is 0 Å². The van der Waals surface area contributed by atoms with Gasteiger partial charge in [-0.3, -0.25) is 4.98 Å². The summed E-state index contributed by atoms with van der Waals surface area (Å²) >= 11 is 5.96. The molecule has 0 aliphatic rings. The molecule has 1 rings (SSSR count). The number of aromatic nitrogens is 1. The Morgan fingerprint density at radius 3 is 2.77 bits per heavy atom. The molecule has 0 bridgehead atoms. The van der Waals surface area contributed by atoms with Gasteiger partial charge in [0.2, 0.25) is 0 Å². The Labute approximate surface area is 83.5 Å². The number of hydrogen-bond acceptors (Lipinski definition) is 3. The Balaban J connectivity index is 2.97. The normalized spacial score (nSPS) is 10.2. The van der Waals surface area contributed by atoms with Gasteiger partial charge >= 0.3 is 0 Å². The fourth-order valence-corrected chi connectivity index (χ4v) is 1.37. The molecule has 0 saturated carbocycles. The summed E-state index contributed by atoms with van der Waals surface area (Å²) in [6.07, 6.45) is 2.46. The molecule has 4 heteroatoms. The highest BCUT2D eigenvalue weighted by molar-refractivity contribution is 6.33. The Morgan fingerprint density at radius 1 is 1.54 bits per heavy atom. The van der Waals surface area contributed by atoms with Crippen LogP contribution in [0.3, 0.4) is 0 Å². The molecule has 0 fully saturated rings. The highest BCUT2D eigenvalue weighted by atomic mass is 35.5. The molecule has 0 aromatic carbocycles. The van der Waals surface area contributed by atoms with E-state index in [1.165, 1.54) is 0 Å². The molecule has 3 nitrogen and oxygen atoms in total. The number of hydrogen-bond donors (Lipinski definition) is 1. The van der Waals surface area contributed by atoms with Gasteiger partial charge in [-0.05, 0) is 12.6 Å². The smallest absolute Gasteiger partial charge is 0.0822 e. The van der Waals surface area contributed by atoms with Gasteiger partial charge in [0.25, 0.3) is 0 Å². The average molecular weight is 200 g/mol. The summed E-state index contributed by atoms with van der Waals surface area (Å²) < 4.78 is 0. The van der Waals surface area contributed by atoms with E-state index in [0.29, 0.717) is 11.6 Å². The first-order valence-corrected chi connectivity index (χ1v) is 4.54. The molecule has 0 spiro atoms. The molecule has 72 valence electrons. The van der Waals surface area contributed by atoms with Crippen molar-refractivity contribution in [3.63, 3.8) is 0 Å². The number of rotatable bonds is 3. The lowest BCUT2D eigenvalue weighted by Gasteiger charge is -2.14. The molecule has 0 radical (unpaired) electrons. The van der Waals surface area contributed by atoms with E-state index >= 15 is 0 Å². The minimum atomic E-state index is 0.613. The zero-order valence-corrected chi connectivity index (χ0v) is 8.67. The SMILES string of the molecule is CN(C)c1cc(CCN)ncc1Cl. The van der Waals surface area contributed by atoms with Gasteiger partial charge in [-0.1, -0.05) is 11.6 Å². The Hall–Kier alpha value is -0.800. The van der Waals surface area contributed by atoms with Crippen LogP contribution in [0.2, 0.25) is 5.02 Å². The first-order chi connectivity index (χ1) is 6.15. The molecule has 1 heterocycles. The minimum Gasteiger partial charge on any atom is -0.376 e. The first-order valence-electron chi connectivity index (χ1n) is 4.17. The molecule has 1 aromatic heterocycles. The van der Waals surface area contributed by atoms with Gasteiger partial charge < -0.3 is 10.6 Å². The number of nitrogens with two attached hydrogens (primary N) is 1. The standard InChI is InChI=1S/C9H14ClN3/c1-13(2)9-5-7(3-4-11)12-6-8(9)10/h5-6H,3-4,11H2,1-2H3. The van der Waals surface area contributed by atoms with Crippen molar-refractivity contribution in [1.82, 2.24) is 4.98 Å². The molecular weight excluding hydrogens is 186 g/mol. The second kappa shape index (κ2) is 4.44. The lowest BCUT2D eigenvalue weighted by atomic mass is 10.2. The summed E-state index contributed by atoms with van der Waals surface area (Å²) in [5.41, 5.74) is 7.41. The average Bonchev–Trinajstić information content (AvgIpc) is 2.08. The summed E-state index contributed by atoms with van der Waals surface area (Å²) in [5, 5.41) is 0.672. The van der Waals surface area contributed by atoms with Gasteiger partial charge in [0.1, 0.15) is 0 Å². The van der Waals surface area contributed by atoms with Crippen LogP contribution in [0.15, 0.2) is 12.3 Å². The molecule has 0 unspecified atom stereocenters. The van der Waals surface area contributed by atoms with E-state index in [2.05, 4.69) is 4.98 Å². The van der Waals surface area contributed by atoms with E-state index < -0.39 is 0 Å². The van der Waals surface area contributed by atoms with Crippen LogP contribution in [0.4, 0.5) is 5.69 Å². The van der Waals surface area contributed by atoms with Crippen LogP contribution in [-0.4, -0.2) is 25.6 Å². The fraction of sp³-hybridized carbons (Fsp3) is 0.444. The van der Waals surface area contributed by atoms with Crippen LogP contribution in [0, 0.1) is 0 Å². The van der Waals surface area contributed by atoms with Gasteiger partial charge in [-0.25, -0.2) is 0 Å². The summed E-state index contributed by atoms with van der Waals surface area (Å²) in [7, 11) is 3.90. The van der Waals surface area contributed by atoms with Gasteiger partial charge in [0.05, 0.1) is 10.7 Å². The third kappa shape index (κ3) is 2.57. The molecular formula is C9H14ClN3. The summed E-state index contributed by atoms with van der Waals surface area (Å²) in [4.78, 5) is 6.13. The topological polar surface area (TPSA) is 42.1 Å². The Bertz CT molecular complexity index is 286. The quantitative estimate of drug-likeness (QED) is 0.798. The van der Waals surface area contributed by atoms with Crippen molar-refractivity contribution in [3.05, 3.63) is 23.0 Å². The minimum absolute atomic E-state index is 0.613. The maximum absolute atomic E-state index is 5.96. The summed E-state index contributed by atoms with van der Waals surface area (Å²) in [6, 6.07) is 1.97. The molecule has 0 aliphatic carbocycles. The molecule has 13 heavy (non-hydrogen) atoms. The molecule has 0 saturated heterocycles. The molecule has 1 aromatic rings. The van der Waals surface area contributed by atoms with Crippen LogP contribution in [0.25, 0.3) is 0 Å². The zero-order valence-electron chi connectivity index (χ0n) is 7.92. The van der Waals surface area contributed by atoms with Crippen molar-refractivity contribution in [3.8, 4) is 0 Å². The van der Waals surface area contributed by atoms with Crippen LogP contribution >= 0.6 is 11.6 Å². The second-order valence-corrected chi connectivity index (χ2v) is 3.47. The number of anilines is 1. The summed E-state index contributed by atoms with van der Waals surface area (Å²) in [6.45, 7) is 0.613. The van der Waals surface area contributed by atoms with Crippen LogP contribution in [0.5, 0.6) is 0 Å². The third-order valence-electron chi connectivity index (χ3n) is 1.77. The first kappa shape index (κ1) is 10.3. The van der Waals surface area contributed by atoms with E-state index in [4.69, 9.17) is 17.3 Å². The predicted molar refractivity (Wildman–Crippen MR) is 56.3 cm³/mol. The number of pyridine rings is 1. The monoisotopic (exact) mass is 199 g/mol. The molecule has 2 N–H and O–H groups in total. The van der Waals surface area contributed by atoms with Gasteiger partial charge in [0.15, 0.2) is 0 Å².